The summed E-state index contributed by atoms with van der Waals surface area (Å²) in [6.07, 6.45) is -0.244. The lowest BCUT2D eigenvalue weighted by Crippen LogP contribution is -2.29. The van der Waals surface area contributed by atoms with Crippen molar-refractivity contribution >= 4 is 51.1 Å². The van der Waals surface area contributed by atoms with E-state index in [1.54, 1.807) is 6.92 Å². The number of nitrogens with zero attached hydrogens (tertiary/aromatic N) is 2. The van der Waals surface area contributed by atoms with Gasteiger partial charge in [-0.25, -0.2) is 4.98 Å². The maximum atomic E-state index is 14.2. The van der Waals surface area contributed by atoms with E-state index in [4.69, 9.17) is 29.3 Å². The number of aromatic nitrogens is 4. The number of aliphatic carboxylic acids is 1. The second-order valence-corrected chi connectivity index (χ2v) is 14.0. The number of fused-ring (bicyclic) bond motifs is 8. The molecule has 1 amide bonds. The molecule has 3 atom stereocenters. The molecule has 0 aliphatic carbocycles. The number of methoxy groups -OCH3 is 1. The zero-order chi connectivity index (χ0) is 40.0. The molecule has 3 aromatic heterocycles. The number of aliphatic hydroxyl groups excluding tert-OH is 2. The van der Waals surface area contributed by atoms with Crippen LogP contribution < -0.4 is 5.32 Å². The van der Waals surface area contributed by atoms with Crippen molar-refractivity contribution in [1.29, 1.82) is 0 Å². The van der Waals surface area contributed by atoms with Crippen LogP contribution in [0.1, 0.15) is 109 Å². The molecule has 3 aromatic rings. The molecule has 0 aromatic carbocycles. The molecule has 6 N–H and O–H groups in total. The third-order valence-electron chi connectivity index (χ3n) is 10.5. The maximum Gasteiger partial charge on any atom is 0.310 e. The Morgan fingerprint density at radius 3 is 2.27 bits per heavy atom. The number of H-pyrrole nitrogens is 2. The third-order valence-corrected chi connectivity index (χ3v) is 10.5. The first-order valence-corrected chi connectivity index (χ1v) is 18.8. The molecule has 2 aliphatic rings. The third kappa shape index (κ3) is 8.99. The van der Waals surface area contributed by atoms with Gasteiger partial charge in [-0.05, 0) is 81.0 Å². The number of aromatic amines is 2. The summed E-state index contributed by atoms with van der Waals surface area (Å²) in [7, 11) is 1.29. The fourth-order valence-corrected chi connectivity index (χ4v) is 7.59. The number of aliphatic hydroxyl groups is 2. The highest BCUT2D eigenvalue weighted by atomic mass is 16.5. The van der Waals surface area contributed by atoms with Crippen molar-refractivity contribution in [3.63, 3.8) is 0 Å². The van der Waals surface area contributed by atoms with Gasteiger partial charge in [-0.1, -0.05) is 13.8 Å². The SMILES string of the molecule is CCc1c(C)c2cc3[nH]c(cc4nc(c(CC(=O)OC)c5nc(cc1[nH]2)C(C)=C5C(=O)NCCOCCOCCO)C(CCC(=O)O)C4C)c(C)c3C(C)O. The molecule has 2 aliphatic heterocycles. The van der Waals surface area contributed by atoms with Gasteiger partial charge in [0.25, 0.3) is 5.91 Å². The number of carboxylic acid groups (broad SMARTS) is 1. The molecule has 0 saturated carbocycles. The van der Waals surface area contributed by atoms with Gasteiger partial charge in [-0.15, -0.1) is 0 Å². The molecule has 5 heterocycles. The van der Waals surface area contributed by atoms with Crippen molar-refractivity contribution in [2.45, 2.75) is 85.2 Å². The summed E-state index contributed by atoms with van der Waals surface area (Å²) in [6.45, 7) is 12.7. The molecule has 14 heteroatoms. The molecular weight excluding hydrogens is 706 g/mol. The van der Waals surface area contributed by atoms with E-state index in [1.165, 1.54) is 7.11 Å². The molecule has 14 nitrogen and oxygen atoms in total. The molecule has 5 rings (SSSR count). The topological polar surface area (TPSA) is 209 Å². The lowest BCUT2D eigenvalue weighted by Gasteiger charge is -2.18. The van der Waals surface area contributed by atoms with Gasteiger partial charge in [0.2, 0.25) is 0 Å². The first kappa shape index (κ1) is 41.3. The summed E-state index contributed by atoms with van der Waals surface area (Å²) < 4.78 is 16.0. The van der Waals surface area contributed by atoms with Gasteiger partial charge in [-0.3, -0.25) is 19.4 Å². The van der Waals surface area contributed by atoms with Crippen LogP contribution in [0.5, 0.6) is 0 Å². The molecule has 0 saturated heterocycles. The van der Waals surface area contributed by atoms with Crippen LogP contribution in [0, 0.1) is 13.8 Å². The van der Waals surface area contributed by atoms with Gasteiger partial charge in [0.1, 0.15) is 0 Å². The first-order chi connectivity index (χ1) is 26.3. The van der Waals surface area contributed by atoms with Crippen molar-refractivity contribution in [2.75, 3.05) is 46.7 Å². The van der Waals surface area contributed by atoms with Gasteiger partial charge in [0.05, 0.1) is 75.3 Å². The fourth-order valence-electron chi connectivity index (χ4n) is 7.59. The van der Waals surface area contributed by atoms with Gasteiger partial charge < -0.3 is 44.8 Å². The summed E-state index contributed by atoms with van der Waals surface area (Å²) >= 11 is 0. The van der Waals surface area contributed by atoms with Crippen LogP contribution in [0.4, 0.5) is 0 Å². The van der Waals surface area contributed by atoms with Crippen LogP contribution in [0.3, 0.4) is 0 Å². The van der Waals surface area contributed by atoms with E-state index < -0.39 is 29.9 Å². The standard InChI is InChI=1S/C41H53N5O9/c1-8-26-21(2)29-20-34-37(25(6)48)23(4)31(44-34)18-30-22(3)27(9-10-35(49)50)39(45-30)28(17-36(51)53-7)40-38(24(5)32(46-40)19-33(26)43-29)41(52)42-11-13-54-15-16-55-14-12-47/h18-20,22,25,27,43-44,47-48H,8-17H2,1-7H3,(H,42,52)(H,49,50). The van der Waals surface area contributed by atoms with E-state index in [2.05, 4.69) is 22.2 Å². The number of carboxylic acids is 1. The number of ether oxygens (including phenoxy) is 3. The van der Waals surface area contributed by atoms with Crippen molar-refractivity contribution in [3.05, 3.63) is 68.8 Å². The summed E-state index contributed by atoms with van der Waals surface area (Å²) in [5.74, 6) is -2.66. The van der Waals surface area contributed by atoms with Crippen LogP contribution in [0.25, 0.3) is 33.2 Å². The highest BCUT2D eigenvalue weighted by Gasteiger charge is 2.35. The largest absolute Gasteiger partial charge is 0.481 e. The molecule has 8 bridgehead atoms. The second kappa shape index (κ2) is 18.2. The predicted molar refractivity (Wildman–Crippen MR) is 208 cm³/mol. The number of hydrogen-bond donors (Lipinski definition) is 6. The summed E-state index contributed by atoms with van der Waals surface area (Å²) in [5, 5.41) is 32.6. The van der Waals surface area contributed by atoms with Crippen LogP contribution in [-0.4, -0.2) is 99.8 Å². The zero-order valence-electron chi connectivity index (χ0n) is 32.7. The molecular formula is C41H53N5O9. The fraction of sp³-hybridized carbons (Fsp3) is 0.488. The van der Waals surface area contributed by atoms with E-state index in [1.807, 2.05) is 45.9 Å². The van der Waals surface area contributed by atoms with E-state index in [-0.39, 0.29) is 69.4 Å². The van der Waals surface area contributed by atoms with Crippen LogP contribution in [0.15, 0.2) is 18.2 Å². The minimum atomic E-state index is -0.965. The summed E-state index contributed by atoms with van der Waals surface area (Å²) in [4.78, 5) is 56.6. The number of carbonyl (C=O) groups excluding carboxylic acids is 2. The van der Waals surface area contributed by atoms with Gasteiger partial charge in [0, 0.05) is 63.7 Å². The zero-order valence-corrected chi connectivity index (χ0v) is 32.7. The number of rotatable bonds is 16. The Hall–Kier alpha value is -4.89. The highest BCUT2D eigenvalue weighted by molar-refractivity contribution is 6.27. The van der Waals surface area contributed by atoms with Crippen LogP contribution >= 0.6 is 0 Å². The summed E-state index contributed by atoms with van der Waals surface area (Å²) in [6, 6.07) is 5.82. The van der Waals surface area contributed by atoms with E-state index in [0.717, 1.165) is 44.3 Å². The average molecular weight is 760 g/mol. The molecule has 0 spiro atoms. The monoisotopic (exact) mass is 759 g/mol. The van der Waals surface area contributed by atoms with E-state index in [9.17, 15) is 24.6 Å². The minimum absolute atomic E-state index is 0.0794. The maximum absolute atomic E-state index is 14.2. The quantitative estimate of drug-likeness (QED) is 0.0838. The Morgan fingerprint density at radius 1 is 0.927 bits per heavy atom. The second-order valence-electron chi connectivity index (χ2n) is 14.0. The number of carbonyl (C=O) groups is 3. The molecule has 0 fully saturated rings. The normalized spacial score (nSPS) is 16.0. The smallest absolute Gasteiger partial charge is 0.310 e. The Balaban J connectivity index is 1.83. The number of hydrogen-bond acceptors (Lipinski definition) is 10. The molecule has 3 unspecified atom stereocenters. The lowest BCUT2D eigenvalue weighted by molar-refractivity contribution is -0.140. The number of aryl methyl sites for hydroxylation is 3. The first-order valence-electron chi connectivity index (χ1n) is 18.8. The van der Waals surface area contributed by atoms with Crippen molar-refractivity contribution < 1.29 is 43.9 Å². The lowest BCUT2D eigenvalue weighted by atomic mass is 9.84. The Bertz CT molecular complexity index is 2130. The number of esters is 1. The van der Waals surface area contributed by atoms with Gasteiger partial charge in [-0.2, -0.15) is 0 Å². The van der Waals surface area contributed by atoms with Crippen molar-refractivity contribution in [3.8, 4) is 0 Å². The van der Waals surface area contributed by atoms with E-state index >= 15 is 0 Å². The van der Waals surface area contributed by atoms with Crippen LogP contribution in [-0.2, 0) is 41.4 Å². The van der Waals surface area contributed by atoms with Crippen molar-refractivity contribution in [2.24, 2.45) is 0 Å². The number of amides is 1. The molecule has 0 radical (unpaired) electrons. The Labute approximate surface area is 320 Å². The number of nitrogens with one attached hydrogen (secondary N) is 3. The Kier molecular flexibility index (Phi) is 13.6. The highest BCUT2D eigenvalue weighted by Crippen LogP contribution is 2.44. The number of allylic oxidation sites excluding steroid dienone is 1. The van der Waals surface area contributed by atoms with Gasteiger partial charge >= 0.3 is 11.9 Å². The average Bonchev–Trinajstić information content (AvgIpc) is 3.83. The minimum Gasteiger partial charge on any atom is -0.481 e. The molecule has 296 valence electrons. The molecule has 55 heavy (non-hydrogen) atoms. The van der Waals surface area contributed by atoms with Crippen LogP contribution in [0.2, 0.25) is 0 Å². The Morgan fingerprint density at radius 2 is 1.62 bits per heavy atom. The van der Waals surface area contributed by atoms with Crippen molar-refractivity contribution in [1.82, 2.24) is 25.3 Å². The summed E-state index contributed by atoms with van der Waals surface area (Å²) in [5.41, 5.74) is 9.97. The van der Waals surface area contributed by atoms with Gasteiger partial charge in [0.15, 0.2) is 0 Å². The predicted octanol–water partition coefficient (Wildman–Crippen LogP) is 5.09. The van der Waals surface area contributed by atoms with E-state index in [0.29, 0.717) is 41.2 Å².